The summed E-state index contributed by atoms with van der Waals surface area (Å²) in [6.07, 6.45) is 7.37. The third-order valence-electron chi connectivity index (χ3n) is 12.9. The number of pyridine rings is 1. The molecule has 0 spiro atoms. The van der Waals surface area contributed by atoms with Gasteiger partial charge in [0.1, 0.15) is 5.02 Å². The topological polar surface area (TPSA) is 161 Å². The molecule has 4 fully saturated rings. The lowest BCUT2D eigenvalue weighted by molar-refractivity contribution is -0.134. The fourth-order valence-electron chi connectivity index (χ4n) is 9.53. The number of ether oxygens (including phenoxy) is 2. The Bertz CT molecular complexity index is 2620. The normalized spacial score (nSPS) is 22.4. The van der Waals surface area contributed by atoms with Gasteiger partial charge in [-0.05, 0) is 75.1 Å². The summed E-state index contributed by atoms with van der Waals surface area (Å²) in [5, 5.41) is 15.4. The molecule has 2 aromatic carbocycles. The van der Waals surface area contributed by atoms with Gasteiger partial charge in [-0.3, -0.25) is 24.4 Å². The van der Waals surface area contributed by atoms with Crippen molar-refractivity contribution in [2.75, 3.05) is 53.2 Å². The molecule has 10 rings (SSSR count). The molecule has 2 atom stereocenters. The number of imide groups is 1. The monoisotopic (exact) mass is 856 g/mol. The number of anilines is 5. The molecular weight excluding hydrogens is 810 g/mol. The SMILES string of the molecule is Cn1nc(C2CCC(=O)NC2=O)c2cccc(N3CCC(OC4CCN(c5ncc(Cl)c(Nc6ccc7c(c6)c6c(c(=O)n7C)OCC(F)(F)C(C7CC7)N6)n5)CC4)CC3)c21. The maximum absolute atomic E-state index is 15.2. The summed E-state index contributed by atoms with van der Waals surface area (Å²) in [6.45, 7) is 2.21. The molecule has 3 saturated heterocycles. The van der Waals surface area contributed by atoms with Crippen LogP contribution in [0.25, 0.3) is 21.8 Å². The van der Waals surface area contributed by atoms with E-state index in [1.165, 1.54) is 4.57 Å². The Balaban J connectivity index is 0.777. The van der Waals surface area contributed by atoms with Gasteiger partial charge in [0.15, 0.2) is 12.4 Å². The number of para-hydroxylation sites is 1. The van der Waals surface area contributed by atoms with Gasteiger partial charge < -0.3 is 34.5 Å². The Morgan fingerprint density at radius 2 is 1.67 bits per heavy atom. The Kier molecular flexibility index (Phi) is 10.0. The molecule has 5 aromatic rings. The van der Waals surface area contributed by atoms with Crippen molar-refractivity contribution in [1.29, 1.82) is 0 Å². The van der Waals surface area contributed by atoms with Gasteiger partial charge in [0.2, 0.25) is 23.5 Å². The molecule has 0 bridgehead atoms. The van der Waals surface area contributed by atoms with E-state index in [0.717, 1.165) is 55.4 Å². The van der Waals surface area contributed by atoms with Gasteiger partial charge in [0.25, 0.3) is 5.56 Å². The number of nitrogens with zero attached hydrogens (tertiary/aromatic N) is 7. The average Bonchev–Trinajstić information content (AvgIpc) is 4.05. The number of aromatic nitrogens is 5. The predicted octanol–water partition coefficient (Wildman–Crippen LogP) is 6.01. The first-order chi connectivity index (χ1) is 29.4. The maximum Gasteiger partial charge on any atom is 0.301 e. The number of amides is 2. The summed E-state index contributed by atoms with van der Waals surface area (Å²) < 4.78 is 45.8. The van der Waals surface area contributed by atoms with Crippen LogP contribution in [0, 0.1) is 5.92 Å². The van der Waals surface area contributed by atoms with Gasteiger partial charge in [-0.2, -0.15) is 10.1 Å². The molecule has 5 aliphatic rings. The van der Waals surface area contributed by atoms with Crippen LogP contribution < -0.4 is 36.0 Å². The minimum Gasteiger partial charge on any atom is -0.480 e. The van der Waals surface area contributed by atoms with Crippen LogP contribution in [0.2, 0.25) is 5.02 Å². The summed E-state index contributed by atoms with van der Waals surface area (Å²) in [5.74, 6) is -3.48. The van der Waals surface area contributed by atoms with Crippen LogP contribution in [-0.4, -0.2) is 93.1 Å². The number of rotatable bonds is 8. The maximum atomic E-state index is 15.2. The van der Waals surface area contributed by atoms with Gasteiger partial charge >= 0.3 is 5.92 Å². The summed E-state index contributed by atoms with van der Waals surface area (Å²) in [7, 11) is 3.51. The molecule has 3 N–H and O–H groups in total. The second kappa shape index (κ2) is 15.4. The molecule has 1 aliphatic carbocycles. The second-order valence-electron chi connectivity index (χ2n) is 17.0. The molecule has 2 amide bonds. The first kappa shape index (κ1) is 39.6. The van der Waals surface area contributed by atoms with Gasteiger partial charge in [-0.15, -0.1) is 0 Å². The highest BCUT2D eigenvalue weighted by atomic mass is 35.5. The lowest BCUT2D eigenvalue weighted by Gasteiger charge is -2.38. The lowest BCUT2D eigenvalue weighted by Crippen LogP contribution is -2.44. The lowest BCUT2D eigenvalue weighted by atomic mass is 9.92. The van der Waals surface area contributed by atoms with Gasteiger partial charge in [-0.25, -0.2) is 13.8 Å². The Morgan fingerprint density at radius 3 is 2.39 bits per heavy atom. The van der Waals surface area contributed by atoms with Crippen molar-refractivity contribution in [3.05, 3.63) is 63.7 Å². The number of hydrogen-bond donors (Lipinski definition) is 3. The highest BCUT2D eigenvalue weighted by Gasteiger charge is 2.51. The summed E-state index contributed by atoms with van der Waals surface area (Å²) in [4.78, 5) is 51.6. The quantitative estimate of drug-likeness (QED) is 0.156. The highest BCUT2D eigenvalue weighted by molar-refractivity contribution is 6.33. The molecule has 4 aliphatic heterocycles. The minimum atomic E-state index is -3.14. The zero-order valence-corrected chi connectivity index (χ0v) is 34.7. The zero-order valence-electron chi connectivity index (χ0n) is 33.9. The van der Waals surface area contributed by atoms with Crippen LogP contribution >= 0.6 is 11.6 Å². The summed E-state index contributed by atoms with van der Waals surface area (Å²) >= 11 is 6.62. The molecule has 320 valence electrons. The van der Waals surface area contributed by atoms with E-state index in [1.54, 1.807) is 31.4 Å². The molecule has 0 radical (unpaired) electrons. The van der Waals surface area contributed by atoms with Crippen LogP contribution in [-0.2, 0) is 28.4 Å². The zero-order chi connectivity index (χ0) is 42.2. The van der Waals surface area contributed by atoms with E-state index in [1.807, 2.05) is 23.9 Å². The third kappa shape index (κ3) is 7.38. The van der Waals surface area contributed by atoms with Crippen molar-refractivity contribution in [2.24, 2.45) is 20.0 Å². The molecular formula is C43H47ClF2N10O5. The third-order valence-corrected chi connectivity index (χ3v) is 13.2. The van der Waals surface area contributed by atoms with E-state index in [4.69, 9.17) is 31.2 Å². The van der Waals surface area contributed by atoms with E-state index in [9.17, 15) is 14.4 Å². The fourth-order valence-corrected chi connectivity index (χ4v) is 9.67. The standard InChI is InChI=1S/C43H47ClF2N10O5/c1-53-31-10-8-24(20-29(31)35-37(41(53)59)60-22-43(45,46)38(50-35)23-6-7-23)48-39-30(44)21-47-42(51-39)56-18-14-26(15-19-56)61-25-12-16-55(17-13-25)32-5-3-4-27-34(52-54(2)36(27)32)28-9-11-33(57)49-40(28)58/h3-5,8,10,20-21,23,25-26,28,38,50H,6-7,9,11-19,22H2,1-2H3,(H,47,48,51)(H,49,57,58). The minimum absolute atomic E-state index is 0.107. The molecule has 7 heterocycles. The van der Waals surface area contributed by atoms with Gasteiger partial charge in [-0.1, -0.05) is 23.7 Å². The van der Waals surface area contributed by atoms with Crippen LogP contribution in [0.1, 0.15) is 63.0 Å². The average molecular weight is 857 g/mol. The number of hydrogen-bond acceptors (Lipinski definition) is 12. The van der Waals surface area contributed by atoms with Crippen molar-refractivity contribution in [2.45, 2.75) is 81.5 Å². The summed E-state index contributed by atoms with van der Waals surface area (Å²) in [5.41, 5.74) is 3.74. The number of alkyl halides is 2. The van der Waals surface area contributed by atoms with Crippen LogP contribution in [0.4, 0.5) is 37.6 Å². The van der Waals surface area contributed by atoms with E-state index >= 15 is 8.78 Å². The first-order valence-corrected chi connectivity index (χ1v) is 21.5. The number of aryl methyl sites for hydroxylation is 2. The van der Waals surface area contributed by atoms with Gasteiger partial charge in [0.05, 0.1) is 58.5 Å². The fraction of sp³-hybridized carbons (Fsp3) is 0.488. The Morgan fingerprint density at radius 1 is 0.934 bits per heavy atom. The molecule has 61 heavy (non-hydrogen) atoms. The second-order valence-corrected chi connectivity index (χ2v) is 17.4. The van der Waals surface area contributed by atoms with E-state index < -0.39 is 30.0 Å². The number of halogens is 3. The molecule has 18 heteroatoms. The van der Waals surface area contributed by atoms with Crippen LogP contribution in [0.15, 0.2) is 47.4 Å². The Hall–Kier alpha value is -5.55. The van der Waals surface area contributed by atoms with Crippen molar-refractivity contribution in [3.8, 4) is 5.75 Å². The van der Waals surface area contributed by atoms with E-state index in [-0.39, 0.29) is 41.4 Å². The number of carbonyl (C=O) groups excluding carboxylic acids is 2. The summed E-state index contributed by atoms with van der Waals surface area (Å²) in [6, 6.07) is 10.4. The highest BCUT2D eigenvalue weighted by Crippen LogP contribution is 2.46. The molecule has 2 unspecified atom stereocenters. The van der Waals surface area contributed by atoms with Gasteiger partial charge in [0, 0.05) is 63.2 Å². The number of benzene rings is 2. The van der Waals surface area contributed by atoms with Crippen LogP contribution in [0.3, 0.4) is 0 Å². The smallest absolute Gasteiger partial charge is 0.301 e. The van der Waals surface area contributed by atoms with Crippen molar-refractivity contribution >= 4 is 74.0 Å². The van der Waals surface area contributed by atoms with Crippen molar-refractivity contribution in [1.82, 2.24) is 29.6 Å². The largest absolute Gasteiger partial charge is 0.480 e. The first-order valence-electron chi connectivity index (χ1n) is 21.1. The Labute approximate surface area is 354 Å². The van der Waals surface area contributed by atoms with Crippen molar-refractivity contribution < 1.29 is 27.8 Å². The predicted molar refractivity (Wildman–Crippen MR) is 227 cm³/mol. The molecule has 1 saturated carbocycles. The molecule has 3 aromatic heterocycles. The number of nitrogens with one attached hydrogen (secondary N) is 3. The van der Waals surface area contributed by atoms with E-state index in [2.05, 4.69) is 36.8 Å². The number of fused-ring (bicyclic) bond motifs is 4. The van der Waals surface area contributed by atoms with E-state index in [0.29, 0.717) is 77.8 Å². The van der Waals surface area contributed by atoms with Crippen molar-refractivity contribution in [3.63, 3.8) is 0 Å². The van der Waals surface area contributed by atoms with Crippen LogP contribution in [0.5, 0.6) is 5.75 Å². The molecule has 15 nitrogen and oxygen atoms in total. The number of carbonyl (C=O) groups is 2. The number of piperidine rings is 3.